The smallest absolute Gasteiger partial charge is 0.244 e. The van der Waals surface area contributed by atoms with E-state index in [1.807, 2.05) is 49.3 Å². The molecule has 2 unspecified atom stereocenters. The number of piperazine rings is 1. The number of carbonyl (C=O) groups excluding carboxylic acids is 1. The maximum Gasteiger partial charge on any atom is 0.244 e. The van der Waals surface area contributed by atoms with E-state index in [0.717, 1.165) is 51.3 Å². The molecule has 1 amide bonds. The van der Waals surface area contributed by atoms with Crippen LogP contribution >= 0.6 is 0 Å². The second kappa shape index (κ2) is 7.43. The van der Waals surface area contributed by atoms with Gasteiger partial charge in [-0.15, -0.1) is 0 Å². The van der Waals surface area contributed by atoms with E-state index in [1.165, 1.54) is 0 Å². The summed E-state index contributed by atoms with van der Waals surface area (Å²) in [6, 6.07) is 10.5. The topological polar surface area (TPSA) is 38.8 Å². The van der Waals surface area contributed by atoms with Crippen LogP contribution in [0, 0.1) is 0 Å². The molecule has 0 aliphatic carbocycles. The summed E-state index contributed by atoms with van der Waals surface area (Å²) in [5.74, 6) is 0.235. The molecule has 2 fully saturated rings. The van der Waals surface area contributed by atoms with Crippen LogP contribution in [0.3, 0.4) is 0 Å². The molecule has 0 radical (unpaired) electrons. The highest BCUT2D eigenvalue weighted by molar-refractivity contribution is 5.83. The minimum absolute atomic E-state index is 0.182. The van der Waals surface area contributed by atoms with Crippen molar-refractivity contribution in [1.29, 1.82) is 0 Å². The van der Waals surface area contributed by atoms with Crippen molar-refractivity contribution < 1.29 is 4.79 Å². The maximum atomic E-state index is 13.1. The number of nitrogens with one attached hydrogen (secondary N) is 1. The predicted octanol–water partition coefficient (Wildman–Crippen LogP) is 0.795. The lowest BCUT2D eigenvalue weighted by molar-refractivity contribution is -0.135. The van der Waals surface area contributed by atoms with Gasteiger partial charge >= 0.3 is 0 Å². The summed E-state index contributed by atoms with van der Waals surface area (Å²) in [5, 5.41) is 3.40. The fraction of sp³-hybridized carbons (Fsp3) is 0.611. The first-order valence-corrected chi connectivity index (χ1v) is 8.62. The van der Waals surface area contributed by atoms with Gasteiger partial charge < -0.3 is 10.2 Å². The third kappa shape index (κ3) is 3.74. The Labute approximate surface area is 139 Å². The summed E-state index contributed by atoms with van der Waals surface area (Å²) < 4.78 is 0. The highest BCUT2D eigenvalue weighted by Crippen LogP contribution is 2.24. The van der Waals surface area contributed by atoms with Gasteiger partial charge in [0.25, 0.3) is 0 Å². The Morgan fingerprint density at radius 2 is 1.87 bits per heavy atom. The first-order valence-electron chi connectivity index (χ1n) is 8.62. The lowest BCUT2D eigenvalue weighted by atomic mass is 10.0. The second-order valence-electron chi connectivity index (χ2n) is 6.79. The maximum absolute atomic E-state index is 13.1. The molecule has 1 N–H and O–H groups in total. The Bertz CT molecular complexity index is 513. The molecule has 5 nitrogen and oxygen atoms in total. The van der Waals surface area contributed by atoms with E-state index in [1.54, 1.807) is 0 Å². The monoisotopic (exact) mass is 316 g/mol. The average molecular weight is 316 g/mol. The van der Waals surface area contributed by atoms with Crippen molar-refractivity contribution in [2.75, 3.05) is 53.4 Å². The molecule has 1 aromatic carbocycles. The Morgan fingerprint density at radius 1 is 1.17 bits per heavy atom. The van der Waals surface area contributed by atoms with E-state index >= 15 is 0 Å². The van der Waals surface area contributed by atoms with Crippen molar-refractivity contribution in [2.24, 2.45) is 0 Å². The van der Waals surface area contributed by atoms with Gasteiger partial charge in [0.15, 0.2) is 0 Å². The number of likely N-dealkylation sites (N-methyl/N-ethyl adjacent to an activating group) is 1. The second-order valence-corrected chi connectivity index (χ2v) is 6.79. The van der Waals surface area contributed by atoms with Crippen molar-refractivity contribution >= 4 is 5.91 Å². The van der Waals surface area contributed by atoms with Gasteiger partial charge in [0.1, 0.15) is 6.04 Å². The number of likely N-dealkylation sites (tertiary alicyclic amines) is 1. The van der Waals surface area contributed by atoms with Crippen molar-refractivity contribution in [3.8, 4) is 0 Å². The number of nitrogens with zero attached hydrogens (tertiary/aromatic N) is 3. The number of benzene rings is 1. The Morgan fingerprint density at radius 3 is 2.52 bits per heavy atom. The van der Waals surface area contributed by atoms with Crippen LogP contribution in [0.15, 0.2) is 30.3 Å². The molecule has 23 heavy (non-hydrogen) atoms. The van der Waals surface area contributed by atoms with Crippen molar-refractivity contribution in [3.05, 3.63) is 35.9 Å². The zero-order valence-corrected chi connectivity index (χ0v) is 14.2. The molecule has 2 atom stereocenters. The highest BCUT2D eigenvalue weighted by atomic mass is 16.2. The molecule has 2 aliphatic rings. The van der Waals surface area contributed by atoms with Gasteiger partial charge in [-0.05, 0) is 26.1 Å². The molecule has 5 heteroatoms. The molecular weight excluding hydrogens is 288 g/mol. The summed E-state index contributed by atoms with van der Waals surface area (Å²) in [7, 11) is 3.97. The highest BCUT2D eigenvalue weighted by Gasteiger charge is 2.35. The minimum Gasteiger partial charge on any atom is -0.339 e. The van der Waals surface area contributed by atoms with Crippen LogP contribution in [0.1, 0.15) is 18.0 Å². The lowest BCUT2D eigenvalue weighted by Crippen LogP contribution is -2.49. The Hall–Kier alpha value is -1.43. The van der Waals surface area contributed by atoms with Crippen LogP contribution in [0.5, 0.6) is 0 Å². The number of hydrogen-bond acceptors (Lipinski definition) is 4. The number of amides is 1. The SMILES string of the molecule is CN(C)C(C(=O)N1CCC(N2CCNCC2)C1)c1ccccc1. The zero-order valence-electron chi connectivity index (χ0n) is 14.2. The molecule has 126 valence electrons. The molecule has 0 spiro atoms. The van der Waals surface area contributed by atoms with Crippen LogP contribution in [0.25, 0.3) is 0 Å². The fourth-order valence-corrected chi connectivity index (χ4v) is 3.76. The molecule has 2 saturated heterocycles. The number of rotatable bonds is 4. The summed E-state index contributed by atoms with van der Waals surface area (Å²) in [6.45, 7) is 6.08. The molecule has 1 aromatic rings. The van der Waals surface area contributed by atoms with Crippen molar-refractivity contribution in [2.45, 2.75) is 18.5 Å². The van der Waals surface area contributed by atoms with Gasteiger partial charge in [-0.3, -0.25) is 14.6 Å². The minimum atomic E-state index is -0.182. The van der Waals surface area contributed by atoms with Crippen molar-refractivity contribution in [3.63, 3.8) is 0 Å². The predicted molar refractivity (Wildman–Crippen MR) is 92.3 cm³/mol. The van der Waals surface area contributed by atoms with E-state index in [9.17, 15) is 4.79 Å². The first kappa shape index (κ1) is 16.4. The van der Waals surface area contributed by atoms with Crippen LogP contribution in [-0.4, -0.2) is 80.0 Å². The molecule has 0 saturated carbocycles. The molecular formula is C18H28N4O. The van der Waals surface area contributed by atoms with E-state index in [2.05, 4.69) is 15.1 Å². The Kier molecular flexibility index (Phi) is 5.30. The summed E-state index contributed by atoms with van der Waals surface area (Å²) in [4.78, 5) is 19.7. The van der Waals surface area contributed by atoms with E-state index in [4.69, 9.17) is 0 Å². The van der Waals surface area contributed by atoms with Gasteiger partial charge in [0.05, 0.1) is 0 Å². The Balaban J connectivity index is 1.67. The van der Waals surface area contributed by atoms with E-state index in [-0.39, 0.29) is 11.9 Å². The standard InChI is InChI=1S/C18H28N4O/c1-20(2)17(15-6-4-3-5-7-15)18(23)22-11-8-16(14-22)21-12-9-19-10-13-21/h3-7,16-17,19H,8-14H2,1-2H3. The van der Waals surface area contributed by atoms with Gasteiger partial charge in [0, 0.05) is 45.3 Å². The molecule has 0 bridgehead atoms. The average Bonchev–Trinajstić information content (AvgIpc) is 3.06. The van der Waals surface area contributed by atoms with Crippen molar-refractivity contribution in [1.82, 2.24) is 20.0 Å². The summed E-state index contributed by atoms with van der Waals surface area (Å²) >= 11 is 0. The van der Waals surface area contributed by atoms with E-state index in [0.29, 0.717) is 6.04 Å². The quantitative estimate of drug-likeness (QED) is 0.892. The van der Waals surface area contributed by atoms with Gasteiger partial charge in [-0.1, -0.05) is 30.3 Å². The summed E-state index contributed by atoms with van der Waals surface area (Å²) in [6.07, 6.45) is 1.10. The summed E-state index contributed by atoms with van der Waals surface area (Å²) in [5.41, 5.74) is 1.08. The third-order valence-corrected chi connectivity index (χ3v) is 5.01. The lowest BCUT2D eigenvalue weighted by Gasteiger charge is -2.33. The molecule has 3 rings (SSSR count). The first-order chi connectivity index (χ1) is 11.2. The van der Waals surface area contributed by atoms with E-state index < -0.39 is 0 Å². The molecule has 2 aliphatic heterocycles. The molecule has 0 aromatic heterocycles. The zero-order chi connectivity index (χ0) is 16.2. The third-order valence-electron chi connectivity index (χ3n) is 5.01. The number of hydrogen-bond donors (Lipinski definition) is 1. The van der Waals surface area contributed by atoms with Crippen LogP contribution in [-0.2, 0) is 4.79 Å². The van der Waals surface area contributed by atoms with Gasteiger partial charge in [0.2, 0.25) is 5.91 Å². The number of carbonyl (C=O) groups is 1. The fourth-order valence-electron chi connectivity index (χ4n) is 3.76. The largest absolute Gasteiger partial charge is 0.339 e. The molecule has 2 heterocycles. The van der Waals surface area contributed by atoms with Gasteiger partial charge in [-0.2, -0.15) is 0 Å². The van der Waals surface area contributed by atoms with Gasteiger partial charge in [-0.25, -0.2) is 0 Å². The normalized spacial score (nSPS) is 24.1. The van der Waals surface area contributed by atoms with Crippen LogP contribution < -0.4 is 5.32 Å². The van der Waals surface area contributed by atoms with Crippen LogP contribution in [0.2, 0.25) is 0 Å². The van der Waals surface area contributed by atoms with Crippen LogP contribution in [0.4, 0.5) is 0 Å².